The molecule has 28 heavy (non-hydrogen) atoms. The lowest BCUT2D eigenvalue weighted by molar-refractivity contribution is 0.0797. The number of thiazole rings is 1. The van der Waals surface area contributed by atoms with Crippen molar-refractivity contribution in [2.45, 2.75) is 13.5 Å². The zero-order valence-electron chi connectivity index (χ0n) is 15.2. The van der Waals surface area contributed by atoms with Crippen molar-refractivity contribution < 1.29 is 13.9 Å². The van der Waals surface area contributed by atoms with Crippen molar-refractivity contribution in [1.29, 1.82) is 0 Å². The molecule has 0 aliphatic heterocycles. The maximum atomic E-state index is 14.6. The summed E-state index contributed by atoms with van der Waals surface area (Å²) in [6, 6.07) is 9.64. The van der Waals surface area contributed by atoms with Crippen molar-refractivity contribution in [3.8, 4) is 16.3 Å². The maximum absolute atomic E-state index is 14.6. The van der Waals surface area contributed by atoms with Crippen LogP contribution in [0.2, 0.25) is 10.0 Å². The summed E-state index contributed by atoms with van der Waals surface area (Å²) in [5.41, 5.74) is 1.38. The predicted octanol–water partition coefficient (Wildman–Crippen LogP) is 5.93. The highest BCUT2D eigenvalue weighted by atomic mass is 35.5. The van der Waals surface area contributed by atoms with Gasteiger partial charge in [-0.25, -0.2) is 9.37 Å². The highest BCUT2D eigenvalue weighted by Crippen LogP contribution is 2.30. The number of halogens is 3. The number of benzene rings is 2. The fourth-order valence-corrected chi connectivity index (χ4v) is 3.68. The van der Waals surface area contributed by atoms with Crippen molar-refractivity contribution in [1.82, 2.24) is 9.88 Å². The predicted molar refractivity (Wildman–Crippen MR) is 111 cm³/mol. The third kappa shape index (κ3) is 4.63. The molecule has 3 aromatic rings. The van der Waals surface area contributed by atoms with E-state index in [1.165, 1.54) is 17.4 Å². The van der Waals surface area contributed by atoms with Gasteiger partial charge in [-0.15, -0.1) is 11.3 Å². The quantitative estimate of drug-likeness (QED) is 0.478. The third-order valence-electron chi connectivity index (χ3n) is 4.12. The van der Waals surface area contributed by atoms with Crippen LogP contribution in [-0.2, 0) is 6.61 Å². The van der Waals surface area contributed by atoms with Crippen LogP contribution in [0.1, 0.15) is 23.0 Å². The Labute approximate surface area is 176 Å². The fraction of sp³-hybridized carbons (Fsp3) is 0.200. The summed E-state index contributed by atoms with van der Waals surface area (Å²) in [6.45, 7) is 2.64. The van der Waals surface area contributed by atoms with Gasteiger partial charge in [0.25, 0.3) is 5.91 Å². The molecule has 0 bridgehead atoms. The van der Waals surface area contributed by atoms with E-state index in [1.807, 2.05) is 6.92 Å². The maximum Gasteiger partial charge on any atom is 0.273 e. The van der Waals surface area contributed by atoms with Crippen LogP contribution in [0.15, 0.2) is 41.8 Å². The Kier molecular flexibility index (Phi) is 6.54. The highest BCUT2D eigenvalue weighted by molar-refractivity contribution is 7.13. The van der Waals surface area contributed by atoms with E-state index in [2.05, 4.69) is 4.98 Å². The zero-order valence-corrected chi connectivity index (χ0v) is 17.5. The Hall–Kier alpha value is -2.15. The number of amides is 1. The minimum Gasteiger partial charge on any atom is -0.489 e. The normalized spacial score (nSPS) is 10.8. The Morgan fingerprint density at radius 1 is 1.25 bits per heavy atom. The Morgan fingerprint density at radius 3 is 2.71 bits per heavy atom. The lowest BCUT2D eigenvalue weighted by Crippen LogP contribution is -2.26. The molecule has 146 valence electrons. The van der Waals surface area contributed by atoms with Crippen LogP contribution in [0.5, 0.6) is 5.75 Å². The van der Waals surface area contributed by atoms with E-state index in [4.69, 9.17) is 27.9 Å². The summed E-state index contributed by atoms with van der Waals surface area (Å²) in [7, 11) is 1.70. The van der Waals surface area contributed by atoms with Crippen molar-refractivity contribution in [2.75, 3.05) is 13.6 Å². The standard InChI is InChI=1S/C20H17Cl2FN2O2S/c1-3-25(2)20(26)18-11-28-19(24-18)15-7-6-14(9-17(15)23)27-10-12-4-5-13(21)8-16(12)22/h4-9,11H,3,10H2,1-2H3. The van der Waals surface area contributed by atoms with Crippen molar-refractivity contribution >= 4 is 40.4 Å². The van der Waals surface area contributed by atoms with Gasteiger partial charge in [-0.2, -0.15) is 0 Å². The van der Waals surface area contributed by atoms with Crippen LogP contribution in [-0.4, -0.2) is 29.4 Å². The summed E-state index contributed by atoms with van der Waals surface area (Å²) >= 11 is 13.2. The summed E-state index contributed by atoms with van der Waals surface area (Å²) < 4.78 is 20.2. The average molecular weight is 439 g/mol. The summed E-state index contributed by atoms with van der Waals surface area (Å²) in [5, 5.41) is 3.10. The molecule has 0 aliphatic rings. The van der Waals surface area contributed by atoms with E-state index >= 15 is 0 Å². The number of hydrogen-bond acceptors (Lipinski definition) is 4. The second-order valence-corrected chi connectivity index (χ2v) is 7.73. The van der Waals surface area contributed by atoms with Crippen molar-refractivity contribution in [3.05, 3.63) is 68.9 Å². The largest absolute Gasteiger partial charge is 0.489 e. The molecule has 0 aliphatic carbocycles. The molecule has 0 radical (unpaired) electrons. The topological polar surface area (TPSA) is 42.4 Å². The fourth-order valence-electron chi connectivity index (χ4n) is 2.39. The highest BCUT2D eigenvalue weighted by Gasteiger charge is 2.17. The number of carbonyl (C=O) groups is 1. The number of hydrogen-bond donors (Lipinski definition) is 0. The van der Waals surface area contributed by atoms with E-state index in [0.717, 1.165) is 5.56 Å². The van der Waals surface area contributed by atoms with E-state index < -0.39 is 5.82 Å². The Bertz CT molecular complexity index is 1010. The molecule has 0 unspecified atom stereocenters. The van der Waals surface area contributed by atoms with Crippen LogP contribution < -0.4 is 4.74 Å². The number of rotatable bonds is 6. The molecule has 0 saturated heterocycles. The van der Waals surface area contributed by atoms with Gasteiger partial charge in [0.2, 0.25) is 0 Å². The molecule has 4 nitrogen and oxygen atoms in total. The minimum atomic E-state index is -0.475. The number of ether oxygens (including phenoxy) is 1. The first-order chi connectivity index (χ1) is 13.4. The van der Waals surface area contributed by atoms with Gasteiger partial charge in [0, 0.05) is 46.2 Å². The average Bonchev–Trinajstić information content (AvgIpc) is 3.16. The van der Waals surface area contributed by atoms with Gasteiger partial charge in [-0.05, 0) is 31.2 Å². The number of carbonyl (C=O) groups excluding carboxylic acids is 1. The minimum absolute atomic E-state index is 0.189. The molecule has 1 amide bonds. The molecule has 0 spiro atoms. The molecule has 2 aromatic carbocycles. The SMILES string of the molecule is CCN(C)C(=O)c1csc(-c2ccc(OCc3ccc(Cl)cc3Cl)cc2F)n1. The molecule has 1 heterocycles. The van der Waals surface area contributed by atoms with Crippen LogP contribution in [0.3, 0.4) is 0 Å². The monoisotopic (exact) mass is 438 g/mol. The van der Waals surface area contributed by atoms with E-state index in [0.29, 0.717) is 38.6 Å². The van der Waals surface area contributed by atoms with Crippen molar-refractivity contribution in [2.24, 2.45) is 0 Å². The Balaban J connectivity index is 1.74. The van der Waals surface area contributed by atoms with Crippen LogP contribution in [0, 0.1) is 5.82 Å². The van der Waals surface area contributed by atoms with E-state index in [1.54, 1.807) is 47.7 Å². The molecule has 0 N–H and O–H groups in total. The van der Waals surface area contributed by atoms with E-state index in [-0.39, 0.29) is 12.5 Å². The van der Waals surface area contributed by atoms with Crippen LogP contribution in [0.4, 0.5) is 4.39 Å². The Morgan fingerprint density at radius 2 is 2.04 bits per heavy atom. The number of nitrogens with zero attached hydrogens (tertiary/aromatic N) is 2. The van der Waals surface area contributed by atoms with E-state index in [9.17, 15) is 9.18 Å². The molecular formula is C20H17Cl2FN2O2S. The zero-order chi connectivity index (χ0) is 20.3. The second kappa shape index (κ2) is 8.90. The first-order valence-corrected chi connectivity index (χ1v) is 10.1. The first kappa shape index (κ1) is 20.6. The molecular weight excluding hydrogens is 422 g/mol. The molecule has 1 aromatic heterocycles. The van der Waals surface area contributed by atoms with Crippen LogP contribution >= 0.6 is 34.5 Å². The molecule has 0 fully saturated rings. The number of aromatic nitrogens is 1. The second-order valence-electron chi connectivity index (χ2n) is 6.02. The van der Waals surface area contributed by atoms with Gasteiger partial charge in [0.05, 0.1) is 0 Å². The van der Waals surface area contributed by atoms with Gasteiger partial charge in [0.15, 0.2) is 0 Å². The summed E-state index contributed by atoms with van der Waals surface area (Å²) in [6.07, 6.45) is 0. The summed E-state index contributed by atoms with van der Waals surface area (Å²) in [4.78, 5) is 18.0. The third-order valence-corrected chi connectivity index (χ3v) is 5.59. The lowest BCUT2D eigenvalue weighted by Gasteiger charge is -2.12. The van der Waals surface area contributed by atoms with Crippen molar-refractivity contribution in [3.63, 3.8) is 0 Å². The smallest absolute Gasteiger partial charge is 0.273 e. The van der Waals surface area contributed by atoms with Gasteiger partial charge in [-0.3, -0.25) is 4.79 Å². The molecule has 3 rings (SSSR count). The van der Waals surface area contributed by atoms with Gasteiger partial charge in [0.1, 0.15) is 28.9 Å². The van der Waals surface area contributed by atoms with Gasteiger partial charge < -0.3 is 9.64 Å². The molecule has 0 atom stereocenters. The summed E-state index contributed by atoms with van der Waals surface area (Å²) in [5.74, 6) is -0.298. The lowest BCUT2D eigenvalue weighted by atomic mass is 10.2. The van der Waals surface area contributed by atoms with Gasteiger partial charge >= 0.3 is 0 Å². The molecule has 8 heteroatoms. The van der Waals surface area contributed by atoms with Gasteiger partial charge in [-0.1, -0.05) is 29.3 Å². The van der Waals surface area contributed by atoms with Crippen LogP contribution in [0.25, 0.3) is 10.6 Å². The molecule has 0 saturated carbocycles. The first-order valence-electron chi connectivity index (χ1n) is 8.46.